The SMILES string of the molecule is CC(N)CC(=O)N(C)CCc1cccc2ccccc12.Cl. The fourth-order valence-corrected chi connectivity index (χ4v) is 2.35. The molecule has 0 aliphatic carbocycles. The van der Waals surface area contributed by atoms with E-state index in [1.165, 1.54) is 16.3 Å². The molecule has 21 heavy (non-hydrogen) atoms. The maximum absolute atomic E-state index is 11.9. The first-order valence-corrected chi connectivity index (χ1v) is 7.04. The van der Waals surface area contributed by atoms with Crippen molar-refractivity contribution in [2.24, 2.45) is 5.73 Å². The highest BCUT2D eigenvalue weighted by molar-refractivity contribution is 5.86. The van der Waals surface area contributed by atoms with Crippen LogP contribution < -0.4 is 5.73 Å². The second-order valence-electron chi connectivity index (χ2n) is 5.38. The van der Waals surface area contributed by atoms with E-state index in [1.54, 1.807) is 4.90 Å². The lowest BCUT2D eigenvalue weighted by molar-refractivity contribution is -0.130. The number of halogens is 1. The Morgan fingerprint density at radius 2 is 1.86 bits per heavy atom. The van der Waals surface area contributed by atoms with Crippen LogP contribution in [0.3, 0.4) is 0 Å². The highest BCUT2D eigenvalue weighted by Crippen LogP contribution is 2.19. The van der Waals surface area contributed by atoms with Crippen LogP contribution in [-0.4, -0.2) is 30.4 Å². The Morgan fingerprint density at radius 3 is 2.57 bits per heavy atom. The number of nitrogens with two attached hydrogens (primary N) is 1. The maximum atomic E-state index is 11.9. The first-order chi connectivity index (χ1) is 9.58. The summed E-state index contributed by atoms with van der Waals surface area (Å²) in [5.74, 6) is 0.111. The zero-order chi connectivity index (χ0) is 14.5. The number of carbonyl (C=O) groups is 1. The van der Waals surface area contributed by atoms with E-state index in [9.17, 15) is 4.79 Å². The molecule has 0 heterocycles. The molecule has 0 spiro atoms. The van der Waals surface area contributed by atoms with E-state index in [4.69, 9.17) is 5.73 Å². The smallest absolute Gasteiger partial charge is 0.223 e. The fourth-order valence-electron chi connectivity index (χ4n) is 2.35. The lowest BCUT2D eigenvalue weighted by atomic mass is 10.0. The second-order valence-corrected chi connectivity index (χ2v) is 5.38. The van der Waals surface area contributed by atoms with Gasteiger partial charge in [-0.1, -0.05) is 42.5 Å². The topological polar surface area (TPSA) is 46.3 Å². The molecule has 2 aromatic carbocycles. The number of carbonyl (C=O) groups excluding carboxylic acids is 1. The van der Waals surface area contributed by atoms with Crippen LogP contribution in [0, 0.1) is 0 Å². The number of nitrogens with zero attached hydrogens (tertiary/aromatic N) is 1. The Bertz CT molecular complexity index is 593. The summed E-state index contributed by atoms with van der Waals surface area (Å²) in [4.78, 5) is 13.7. The maximum Gasteiger partial charge on any atom is 0.223 e. The van der Waals surface area contributed by atoms with Gasteiger partial charge in [0.05, 0.1) is 0 Å². The van der Waals surface area contributed by atoms with Gasteiger partial charge in [0.25, 0.3) is 0 Å². The Morgan fingerprint density at radius 1 is 1.19 bits per heavy atom. The second kappa shape index (κ2) is 8.01. The van der Waals surface area contributed by atoms with Crippen LogP contribution in [0.5, 0.6) is 0 Å². The molecule has 0 bridgehead atoms. The summed E-state index contributed by atoms with van der Waals surface area (Å²) in [5.41, 5.74) is 6.95. The molecule has 0 aromatic heterocycles. The highest BCUT2D eigenvalue weighted by Gasteiger charge is 2.11. The van der Waals surface area contributed by atoms with Gasteiger partial charge in [0, 0.05) is 26.1 Å². The number of hydrogen-bond donors (Lipinski definition) is 1. The largest absolute Gasteiger partial charge is 0.345 e. The van der Waals surface area contributed by atoms with Gasteiger partial charge in [-0.05, 0) is 29.7 Å². The summed E-state index contributed by atoms with van der Waals surface area (Å²) in [5, 5.41) is 2.51. The molecule has 1 amide bonds. The van der Waals surface area contributed by atoms with E-state index in [0.717, 1.165) is 13.0 Å². The van der Waals surface area contributed by atoms with E-state index >= 15 is 0 Å². The van der Waals surface area contributed by atoms with Crippen LogP contribution in [0.25, 0.3) is 10.8 Å². The predicted octanol–water partition coefficient (Wildman–Crippen LogP) is 3.00. The summed E-state index contributed by atoms with van der Waals surface area (Å²) in [7, 11) is 1.84. The molecule has 4 heteroatoms. The predicted molar refractivity (Wildman–Crippen MR) is 90.8 cm³/mol. The van der Waals surface area contributed by atoms with Crippen molar-refractivity contribution in [1.82, 2.24) is 4.90 Å². The Labute approximate surface area is 132 Å². The molecule has 1 atom stereocenters. The van der Waals surface area contributed by atoms with Gasteiger partial charge < -0.3 is 10.6 Å². The minimum atomic E-state index is -0.0810. The molecule has 1 unspecified atom stereocenters. The van der Waals surface area contributed by atoms with Gasteiger partial charge in [-0.15, -0.1) is 12.4 Å². The highest BCUT2D eigenvalue weighted by atomic mass is 35.5. The first kappa shape index (κ1) is 17.5. The zero-order valence-corrected chi connectivity index (χ0v) is 13.4. The Hall–Kier alpha value is -1.58. The molecule has 0 aliphatic rings. The summed E-state index contributed by atoms with van der Waals surface area (Å²) < 4.78 is 0. The van der Waals surface area contributed by atoms with Crippen molar-refractivity contribution < 1.29 is 4.79 Å². The van der Waals surface area contributed by atoms with Crippen molar-refractivity contribution in [1.29, 1.82) is 0 Å². The molecule has 0 saturated carbocycles. The van der Waals surface area contributed by atoms with Crippen molar-refractivity contribution in [3.63, 3.8) is 0 Å². The average molecular weight is 307 g/mol. The number of amides is 1. The first-order valence-electron chi connectivity index (χ1n) is 7.04. The minimum Gasteiger partial charge on any atom is -0.345 e. The average Bonchev–Trinajstić information content (AvgIpc) is 2.44. The Balaban J connectivity index is 0.00000220. The van der Waals surface area contributed by atoms with Gasteiger partial charge in [0.1, 0.15) is 0 Å². The summed E-state index contributed by atoms with van der Waals surface area (Å²) in [6, 6.07) is 14.6. The third-order valence-corrected chi connectivity index (χ3v) is 3.52. The fraction of sp³-hybridized carbons (Fsp3) is 0.353. The van der Waals surface area contributed by atoms with Crippen LogP contribution in [0.4, 0.5) is 0 Å². The van der Waals surface area contributed by atoms with Crippen LogP contribution >= 0.6 is 12.4 Å². The monoisotopic (exact) mass is 306 g/mol. The molecule has 0 radical (unpaired) electrons. The van der Waals surface area contributed by atoms with Crippen LogP contribution in [0.2, 0.25) is 0 Å². The van der Waals surface area contributed by atoms with Gasteiger partial charge in [0.15, 0.2) is 0 Å². The molecular formula is C17H23ClN2O. The van der Waals surface area contributed by atoms with Crippen molar-refractivity contribution >= 4 is 29.1 Å². The standard InChI is InChI=1S/C17H22N2O.ClH/c1-13(18)12-17(20)19(2)11-10-15-8-5-7-14-6-3-4-9-16(14)15;/h3-9,13H,10-12,18H2,1-2H3;1H. The normalized spacial score (nSPS) is 11.8. The van der Waals surface area contributed by atoms with E-state index < -0.39 is 0 Å². The Kier molecular flexibility index (Phi) is 6.66. The van der Waals surface area contributed by atoms with Gasteiger partial charge in [-0.2, -0.15) is 0 Å². The van der Waals surface area contributed by atoms with Gasteiger partial charge in [-0.25, -0.2) is 0 Å². The molecule has 114 valence electrons. The molecule has 0 aliphatic heterocycles. The van der Waals surface area contributed by atoms with Gasteiger partial charge in [0.2, 0.25) is 5.91 Å². The van der Waals surface area contributed by atoms with Gasteiger partial charge in [-0.3, -0.25) is 4.79 Å². The van der Waals surface area contributed by atoms with Crippen molar-refractivity contribution in [3.05, 3.63) is 48.0 Å². The third-order valence-electron chi connectivity index (χ3n) is 3.52. The van der Waals surface area contributed by atoms with Crippen molar-refractivity contribution in [2.45, 2.75) is 25.8 Å². The summed E-state index contributed by atoms with van der Waals surface area (Å²) >= 11 is 0. The molecule has 2 aromatic rings. The molecule has 2 N–H and O–H groups in total. The molecule has 0 fully saturated rings. The molecule has 0 saturated heterocycles. The van der Waals surface area contributed by atoms with Crippen LogP contribution in [0.1, 0.15) is 18.9 Å². The quantitative estimate of drug-likeness (QED) is 0.923. The van der Waals surface area contributed by atoms with Crippen LogP contribution in [-0.2, 0) is 11.2 Å². The molecular weight excluding hydrogens is 284 g/mol. The number of hydrogen-bond acceptors (Lipinski definition) is 2. The van der Waals surface area contributed by atoms with Crippen molar-refractivity contribution in [3.8, 4) is 0 Å². The van der Waals surface area contributed by atoms with Gasteiger partial charge >= 0.3 is 0 Å². The summed E-state index contributed by atoms with van der Waals surface area (Å²) in [6.45, 7) is 2.58. The summed E-state index contributed by atoms with van der Waals surface area (Å²) in [6.07, 6.45) is 1.27. The lowest BCUT2D eigenvalue weighted by Gasteiger charge is -2.18. The number of rotatable bonds is 5. The molecule has 3 nitrogen and oxygen atoms in total. The third kappa shape index (κ3) is 4.73. The number of likely N-dealkylation sites (N-methyl/N-ethyl adjacent to an activating group) is 1. The lowest BCUT2D eigenvalue weighted by Crippen LogP contribution is -2.33. The molecule has 2 rings (SSSR count). The van der Waals surface area contributed by atoms with Crippen LogP contribution in [0.15, 0.2) is 42.5 Å². The number of fused-ring (bicyclic) bond motifs is 1. The number of benzene rings is 2. The van der Waals surface area contributed by atoms with E-state index in [1.807, 2.05) is 20.0 Å². The van der Waals surface area contributed by atoms with E-state index in [0.29, 0.717) is 6.42 Å². The van der Waals surface area contributed by atoms with E-state index in [-0.39, 0.29) is 24.4 Å². The van der Waals surface area contributed by atoms with Crippen molar-refractivity contribution in [2.75, 3.05) is 13.6 Å². The minimum absolute atomic E-state index is 0. The van der Waals surface area contributed by atoms with E-state index in [2.05, 4.69) is 36.4 Å². The zero-order valence-electron chi connectivity index (χ0n) is 12.6.